The molecule has 0 aromatic carbocycles. The van der Waals surface area contributed by atoms with E-state index in [9.17, 15) is 4.79 Å². The Balaban J connectivity index is 3.05. The summed E-state index contributed by atoms with van der Waals surface area (Å²) in [7, 11) is 1.18. The highest BCUT2D eigenvalue weighted by atomic mass is 28.4. The lowest BCUT2D eigenvalue weighted by Crippen LogP contribution is -2.59. The van der Waals surface area contributed by atoms with Gasteiger partial charge in [0.15, 0.2) is 14.4 Å². The first-order chi connectivity index (χ1) is 10.5. The van der Waals surface area contributed by atoms with E-state index in [0.717, 1.165) is 0 Å². The largest absolute Gasteiger partial charge is 0.460 e. The maximum absolute atomic E-state index is 12.4. The molecule has 0 N–H and O–H groups in total. The van der Waals surface area contributed by atoms with Crippen LogP contribution in [-0.4, -0.2) is 53.4 Å². The summed E-state index contributed by atoms with van der Waals surface area (Å²) < 4.78 is 22.9. The van der Waals surface area contributed by atoms with E-state index < -0.39 is 14.4 Å². The van der Waals surface area contributed by atoms with Crippen molar-refractivity contribution in [3.63, 3.8) is 0 Å². The van der Waals surface area contributed by atoms with Crippen molar-refractivity contribution in [1.29, 1.82) is 0 Å². The smallest absolute Gasteiger partial charge is 0.338 e. The number of hydrogen-bond acceptors (Lipinski definition) is 5. The van der Waals surface area contributed by atoms with Gasteiger partial charge in [0, 0.05) is 26.1 Å². The number of esters is 1. The van der Waals surface area contributed by atoms with E-state index in [1.54, 1.807) is 14.2 Å². The molecule has 23 heavy (non-hydrogen) atoms. The standard InChI is InChI=1S/C17H34O5Si/c1-11(10-19-6)13-12(2)14(15(20-7)16(18)21-13)22-23(8,9)17(3,4)5/h11-15H,10H2,1-9H3/t11-,12+,13-,14-,15+/m0/s1. The number of ether oxygens (including phenoxy) is 3. The second-order valence-corrected chi connectivity index (χ2v) is 12.9. The van der Waals surface area contributed by atoms with Crippen LogP contribution in [0.2, 0.25) is 18.1 Å². The Labute approximate surface area is 142 Å². The highest BCUT2D eigenvalue weighted by Gasteiger charge is 2.50. The summed E-state index contributed by atoms with van der Waals surface area (Å²) in [5, 5.41) is 0.0695. The highest BCUT2D eigenvalue weighted by Crippen LogP contribution is 2.41. The molecule has 5 nitrogen and oxygen atoms in total. The zero-order valence-electron chi connectivity index (χ0n) is 16.1. The topological polar surface area (TPSA) is 54.0 Å². The third-order valence-electron chi connectivity index (χ3n) is 5.30. The third kappa shape index (κ3) is 4.56. The van der Waals surface area contributed by atoms with Crippen LogP contribution in [0.3, 0.4) is 0 Å². The third-order valence-corrected chi connectivity index (χ3v) is 9.77. The zero-order valence-corrected chi connectivity index (χ0v) is 17.1. The lowest BCUT2D eigenvalue weighted by atomic mass is 9.85. The first-order valence-electron chi connectivity index (χ1n) is 8.36. The average molecular weight is 347 g/mol. The van der Waals surface area contributed by atoms with Gasteiger partial charge in [-0.15, -0.1) is 0 Å². The molecule has 0 saturated carbocycles. The van der Waals surface area contributed by atoms with Gasteiger partial charge in [0.2, 0.25) is 0 Å². The average Bonchev–Trinajstić information content (AvgIpc) is 2.41. The minimum Gasteiger partial charge on any atom is -0.460 e. The molecule has 1 aliphatic heterocycles. The van der Waals surface area contributed by atoms with Crippen molar-refractivity contribution < 1.29 is 23.4 Å². The fraction of sp³-hybridized carbons (Fsp3) is 0.941. The van der Waals surface area contributed by atoms with Crippen molar-refractivity contribution in [3.05, 3.63) is 0 Å². The van der Waals surface area contributed by atoms with Crippen LogP contribution in [0.1, 0.15) is 34.6 Å². The Morgan fingerprint density at radius 2 is 1.83 bits per heavy atom. The predicted octanol–water partition coefficient (Wildman–Crippen LogP) is 3.24. The molecule has 0 bridgehead atoms. The second-order valence-electron chi connectivity index (χ2n) is 8.19. The van der Waals surface area contributed by atoms with E-state index in [1.807, 2.05) is 6.92 Å². The fourth-order valence-corrected chi connectivity index (χ4v) is 4.19. The number of carbonyl (C=O) groups is 1. The normalized spacial score (nSPS) is 30.9. The number of rotatable bonds is 6. The Morgan fingerprint density at radius 3 is 2.26 bits per heavy atom. The Hall–Kier alpha value is -0.433. The van der Waals surface area contributed by atoms with Crippen molar-refractivity contribution in [1.82, 2.24) is 0 Å². The van der Waals surface area contributed by atoms with Gasteiger partial charge in [0.25, 0.3) is 0 Å². The van der Waals surface area contributed by atoms with Crippen LogP contribution in [0.25, 0.3) is 0 Å². The van der Waals surface area contributed by atoms with Gasteiger partial charge < -0.3 is 18.6 Å². The molecule has 0 aliphatic carbocycles. The van der Waals surface area contributed by atoms with Gasteiger partial charge in [-0.25, -0.2) is 4.79 Å². The molecule has 1 rings (SSSR count). The van der Waals surface area contributed by atoms with Gasteiger partial charge in [-0.2, -0.15) is 0 Å². The monoisotopic (exact) mass is 346 g/mol. The Morgan fingerprint density at radius 1 is 1.26 bits per heavy atom. The zero-order chi connectivity index (χ0) is 18.0. The molecule has 0 aromatic heterocycles. The van der Waals surface area contributed by atoms with Crippen molar-refractivity contribution >= 4 is 14.3 Å². The lowest BCUT2D eigenvalue weighted by molar-refractivity contribution is -0.197. The summed E-state index contributed by atoms with van der Waals surface area (Å²) in [4.78, 5) is 12.4. The van der Waals surface area contributed by atoms with E-state index in [1.165, 1.54) is 0 Å². The van der Waals surface area contributed by atoms with Crippen LogP contribution in [0.4, 0.5) is 0 Å². The van der Waals surface area contributed by atoms with Crippen LogP contribution in [0.15, 0.2) is 0 Å². The SMILES string of the molecule is COC[C@H](C)[C@@H]1OC(=O)[C@H](OC)[C@@H](O[Si](C)(C)C(C)(C)C)[C@@H]1C. The summed E-state index contributed by atoms with van der Waals surface area (Å²) in [5.74, 6) is -0.165. The number of methoxy groups -OCH3 is 2. The summed E-state index contributed by atoms with van der Waals surface area (Å²) in [5.41, 5.74) is 0. The van der Waals surface area contributed by atoms with E-state index in [0.29, 0.717) is 6.61 Å². The van der Waals surface area contributed by atoms with Gasteiger partial charge in [-0.05, 0) is 18.1 Å². The van der Waals surface area contributed by atoms with Crippen LogP contribution in [-0.2, 0) is 23.4 Å². The molecule has 0 aromatic rings. The maximum Gasteiger partial charge on any atom is 0.338 e. The molecule has 136 valence electrons. The molecule has 5 atom stereocenters. The first-order valence-corrected chi connectivity index (χ1v) is 11.3. The second kappa shape index (κ2) is 7.63. The summed E-state index contributed by atoms with van der Waals surface area (Å²) in [6, 6.07) is 0. The number of cyclic esters (lactones) is 1. The van der Waals surface area contributed by atoms with Crippen LogP contribution >= 0.6 is 0 Å². The molecule has 0 unspecified atom stereocenters. The fourth-order valence-electron chi connectivity index (χ4n) is 2.81. The Kier molecular flexibility index (Phi) is 6.84. The van der Waals surface area contributed by atoms with E-state index in [2.05, 4.69) is 40.8 Å². The van der Waals surface area contributed by atoms with E-state index in [-0.39, 0.29) is 35.1 Å². The lowest BCUT2D eigenvalue weighted by Gasteiger charge is -2.47. The summed E-state index contributed by atoms with van der Waals surface area (Å²) in [6.07, 6.45) is -1.17. The van der Waals surface area contributed by atoms with Gasteiger partial charge >= 0.3 is 5.97 Å². The molecule has 1 fully saturated rings. The predicted molar refractivity (Wildman–Crippen MR) is 93.0 cm³/mol. The van der Waals surface area contributed by atoms with E-state index in [4.69, 9.17) is 18.6 Å². The molecule has 6 heteroatoms. The molecule has 1 saturated heterocycles. The molecule has 0 spiro atoms. The number of hydrogen-bond donors (Lipinski definition) is 0. The molecule has 1 aliphatic rings. The number of carbonyl (C=O) groups excluding carboxylic acids is 1. The van der Waals surface area contributed by atoms with Gasteiger partial charge in [-0.3, -0.25) is 0 Å². The Bertz CT molecular complexity index is 404. The van der Waals surface area contributed by atoms with Gasteiger partial charge in [-0.1, -0.05) is 34.6 Å². The maximum atomic E-state index is 12.4. The van der Waals surface area contributed by atoms with Crippen molar-refractivity contribution in [3.8, 4) is 0 Å². The molecule has 0 amide bonds. The van der Waals surface area contributed by atoms with Crippen LogP contribution in [0.5, 0.6) is 0 Å². The molecular formula is C17H34O5Si. The first kappa shape index (κ1) is 20.6. The van der Waals surface area contributed by atoms with Crippen molar-refractivity contribution in [2.24, 2.45) is 11.8 Å². The summed E-state index contributed by atoms with van der Waals surface area (Å²) >= 11 is 0. The molecule has 0 radical (unpaired) electrons. The van der Waals surface area contributed by atoms with E-state index >= 15 is 0 Å². The van der Waals surface area contributed by atoms with Gasteiger partial charge in [0.05, 0.1) is 12.7 Å². The molecule has 1 heterocycles. The minimum atomic E-state index is -2.02. The van der Waals surface area contributed by atoms with Gasteiger partial charge in [0.1, 0.15) is 6.10 Å². The van der Waals surface area contributed by atoms with Crippen molar-refractivity contribution in [2.45, 2.75) is 71.1 Å². The highest BCUT2D eigenvalue weighted by molar-refractivity contribution is 6.74. The molecular weight excluding hydrogens is 312 g/mol. The minimum absolute atomic E-state index is 0.0527. The summed E-state index contributed by atoms with van der Waals surface area (Å²) in [6.45, 7) is 15.6. The van der Waals surface area contributed by atoms with Crippen LogP contribution < -0.4 is 0 Å². The quantitative estimate of drug-likeness (QED) is 0.546. The van der Waals surface area contributed by atoms with Crippen LogP contribution in [0, 0.1) is 11.8 Å². The van der Waals surface area contributed by atoms with Crippen molar-refractivity contribution in [2.75, 3.05) is 20.8 Å².